The van der Waals surface area contributed by atoms with E-state index in [2.05, 4.69) is 20.0 Å². The molecule has 1 aliphatic carbocycles. The molecule has 0 atom stereocenters. The number of rotatable bonds is 4. The van der Waals surface area contributed by atoms with Gasteiger partial charge in [-0.05, 0) is 57.0 Å². The van der Waals surface area contributed by atoms with Gasteiger partial charge in [0.2, 0.25) is 5.89 Å². The van der Waals surface area contributed by atoms with E-state index in [0.717, 1.165) is 61.2 Å². The quantitative estimate of drug-likeness (QED) is 0.698. The number of halogens is 1. The van der Waals surface area contributed by atoms with Crippen LogP contribution in [0.4, 0.5) is 0 Å². The molecule has 0 N–H and O–H groups in total. The second-order valence-corrected chi connectivity index (χ2v) is 7.47. The van der Waals surface area contributed by atoms with Crippen molar-refractivity contribution in [2.75, 3.05) is 13.1 Å². The number of likely N-dealkylation sites (tertiary alicyclic amines) is 1. The van der Waals surface area contributed by atoms with Crippen molar-refractivity contribution in [2.45, 2.75) is 44.1 Å². The number of benzene rings is 1. The molecule has 25 heavy (non-hydrogen) atoms. The van der Waals surface area contributed by atoms with Crippen LogP contribution in [0.5, 0.6) is 0 Å². The number of aromatic nitrogens is 3. The summed E-state index contributed by atoms with van der Waals surface area (Å²) < 4.78 is 11.3. The lowest BCUT2D eigenvalue weighted by molar-refractivity contribution is 0.173. The molecule has 2 fully saturated rings. The van der Waals surface area contributed by atoms with E-state index in [1.54, 1.807) is 0 Å². The van der Waals surface area contributed by atoms with Crippen molar-refractivity contribution in [3.63, 3.8) is 0 Å². The zero-order chi connectivity index (χ0) is 16.8. The van der Waals surface area contributed by atoms with Crippen LogP contribution in [0.1, 0.15) is 55.1 Å². The Kier molecular flexibility index (Phi) is 3.75. The van der Waals surface area contributed by atoms with Gasteiger partial charge in [-0.2, -0.15) is 4.98 Å². The monoisotopic (exact) mass is 358 g/mol. The van der Waals surface area contributed by atoms with Gasteiger partial charge < -0.3 is 8.94 Å². The van der Waals surface area contributed by atoms with Gasteiger partial charge in [-0.15, -0.1) is 0 Å². The van der Waals surface area contributed by atoms with Crippen molar-refractivity contribution in [1.29, 1.82) is 0 Å². The maximum absolute atomic E-state index is 6.03. The third-order valence-corrected chi connectivity index (χ3v) is 5.32. The zero-order valence-electron chi connectivity index (χ0n) is 13.8. The Morgan fingerprint density at radius 2 is 1.92 bits per heavy atom. The summed E-state index contributed by atoms with van der Waals surface area (Å²) in [4.78, 5) is 11.5. The van der Waals surface area contributed by atoms with Gasteiger partial charge in [-0.3, -0.25) is 4.90 Å². The van der Waals surface area contributed by atoms with Gasteiger partial charge in [0, 0.05) is 16.9 Å². The summed E-state index contributed by atoms with van der Waals surface area (Å²) in [7, 11) is 0. The molecule has 7 heteroatoms. The first-order chi connectivity index (χ1) is 12.2. The molecular formula is C18H19ClN4O2. The number of oxazole rings is 1. The predicted octanol–water partition coefficient (Wildman–Crippen LogP) is 4.12. The zero-order valence-corrected chi connectivity index (χ0v) is 14.6. The van der Waals surface area contributed by atoms with Crippen LogP contribution in [0.15, 0.2) is 27.1 Å². The van der Waals surface area contributed by atoms with E-state index in [9.17, 15) is 0 Å². The van der Waals surface area contributed by atoms with Crippen LogP contribution in [-0.2, 0) is 6.54 Å². The third-order valence-electron chi connectivity index (χ3n) is 5.09. The van der Waals surface area contributed by atoms with Gasteiger partial charge >= 0.3 is 0 Å². The normalized spacial score (nSPS) is 19.7. The van der Waals surface area contributed by atoms with Crippen LogP contribution in [-0.4, -0.2) is 33.1 Å². The molecule has 6 nitrogen and oxygen atoms in total. The SMILES string of the molecule is Clc1ccc2oc(C3CCN(Cc4nc(C5CC5)no4)CC3)nc2c1. The fourth-order valence-corrected chi connectivity index (χ4v) is 3.63. The summed E-state index contributed by atoms with van der Waals surface area (Å²) in [5.74, 6) is 3.33. The fourth-order valence-electron chi connectivity index (χ4n) is 3.46. The molecule has 1 aromatic carbocycles. The lowest BCUT2D eigenvalue weighted by Crippen LogP contribution is -2.32. The number of hydrogen-bond donors (Lipinski definition) is 0. The first-order valence-corrected chi connectivity index (χ1v) is 9.23. The Balaban J connectivity index is 1.22. The smallest absolute Gasteiger partial charge is 0.240 e. The summed E-state index contributed by atoms with van der Waals surface area (Å²) in [6.45, 7) is 2.69. The third kappa shape index (κ3) is 3.16. The van der Waals surface area contributed by atoms with Crippen molar-refractivity contribution in [3.05, 3.63) is 40.8 Å². The van der Waals surface area contributed by atoms with Gasteiger partial charge in [0.15, 0.2) is 17.3 Å². The highest BCUT2D eigenvalue weighted by atomic mass is 35.5. The maximum atomic E-state index is 6.03. The summed E-state index contributed by atoms with van der Waals surface area (Å²) in [6, 6.07) is 5.57. The van der Waals surface area contributed by atoms with E-state index in [4.69, 9.17) is 20.5 Å². The largest absolute Gasteiger partial charge is 0.440 e. The van der Waals surface area contributed by atoms with Crippen molar-refractivity contribution >= 4 is 22.7 Å². The van der Waals surface area contributed by atoms with E-state index < -0.39 is 0 Å². The Morgan fingerprint density at radius 3 is 2.72 bits per heavy atom. The second kappa shape index (κ2) is 6.11. The second-order valence-electron chi connectivity index (χ2n) is 7.04. The Labute approximate surface area is 150 Å². The lowest BCUT2D eigenvalue weighted by Gasteiger charge is -2.29. The minimum Gasteiger partial charge on any atom is -0.440 e. The van der Waals surface area contributed by atoms with Gasteiger partial charge in [-0.1, -0.05) is 16.8 Å². The molecule has 130 valence electrons. The molecule has 0 bridgehead atoms. The van der Waals surface area contributed by atoms with E-state index in [1.807, 2.05) is 18.2 Å². The minimum absolute atomic E-state index is 0.354. The first-order valence-electron chi connectivity index (χ1n) is 8.85. The van der Waals surface area contributed by atoms with Gasteiger partial charge in [0.1, 0.15) is 5.52 Å². The minimum atomic E-state index is 0.354. The molecule has 3 aromatic rings. The molecule has 1 aliphatic heterocycles. The standard InChI is InChI=1S/C18H19ClN4O2/c19-13-3-4-15-14(9-13)20-18(24-15)12-5-7-23(8-6-12)10-16-21-17(22-25-16)11-1-2-11/h3-4,9,11-12H,1-2,5-8,10H2. The molecule has 0 radical (unpaired) electrons. The van der Waals surface area contributed by atoms with E-state index >= 15 is 0 Å². The van der Waals surface area contributed by atoms with Crippen molar-refractivity contribution in [2.24, 2.45) is 0 Å². The molecule has 5 rings (SSSR count). The van der Waals surface area contributed by atoms with Crippen LogP contribution < -0.4 is 0 Å². The topological polar surface area (TPSA) is 68.2 Å². The molecular weight excluding hydrogens is 340 g/mol. The molecule has 3 heterocycles. The highest BCUT2D eigenvalue weighted by molar-refractivity contribution is 6.31. The van der Waals surface area contributed by atoms with Crippen molar-refractivity contribution < 1.29 is 8.94 Å². The van der Waals surface area contributed by atoms with E-state index in [0.29, 0.717) is 16.9 Å². The average molecular weight is 359 g/mol. The van der Waals surface area contributed by atoms with Crippen LogP contribution in [0.3, 0.4) is 0 Å². The Hall–Kier alpha value is -1.92. The lowest BCUT2D eigenvalue weighted by atomic mass is 9.97. The van der Waals surface area contributed by atoms with Crippen LogP contribution in [0.2, 0.25) is 5.02 Å². The van der Waals surface area contributed by atoms with Gasteiger partial charge in [-0.25, -0.2) is 4.98 Å². The highest BCUT2D eigenvalue weighted by Crippen LogP contribution is 2.38. The summed E-state index contributed by atoms with van der Waals surface area (Å²) in [5.41, 5.74) is 1.64. The summed E-state index contributed by atoms with van der Waals surface area (Å²) in [5, 5.41) is 4.78. The molecule has 2 aromatic heterocycles. The van der Waals surface area contributed by atoms with Crippen molar-refractivity contribution in [1.82, 2.24) is 20.0 Å². The molecule has 1 saturated heterocycles. The summed E-state index contributed by atoms with van der Waals surface area (Å²) in [6.07, 6.45) is 4.43. The first kappa shape index (κ1) is 15.3. The van der Waals surface area contributed by atoms with Crippen LogP contribution in [0, 0.1) is 0 Å². The van der Waals surface area contributed by atoms with Crippen LogP contribution in [0.25, 0.3) is 11.1 Å². The van der Waals surface area contributed by atoms with Gasteiger partial charge in [0.25, 0.3) is 0 Å². The molecule has 0 spiro atoms. The van der Waals surface area contributed by atoms with Crippen LogP contribution >= 0.6 is 11.6 Å². The Morgan fingerprint density at radius 1 is 1.08 bits per heavy atom. The average Bonchev–Trinajstić information content (AvgIpc) is 3.22. The summed E-state index contributed by atoms with van der Waals surface area (Å²) >= 11 is 6.03. The number of piperidine rings is 1. The maximum Gasteiger partial charge on any atom is 0.240 e. The Bertz CT molecular complexity index is 894. The number of nitrogens with zero attached hydrogens (tertiary/aromatic N) is 4. The predicted molar refractivity (Wildman–Crippen MR) is 92.5 cm³/mol. The van der Waals surface area contributed by atoms with E-state index in [-0.39, 0.29) is 0 Å². The molecule has 2 aliphatic rings. The number of fused-ring (bicyclic) bond motifs is 1. The highest BCUT2D eigenvalue weighted by Gasteiger charge is 2.30. The molecule has 0 amide bonds. The molecule has 0 unspecified atom stereocenters. The number of hydrogen-bond acceptors (Lipinski definition) is 6. The fraction of sp³-hybridized carbons (Fsp3) is 0.500. The molecule has 1 saturated carbocycles. The van der Waals surface area contributed by atoms with Crippen molar-refractivity contribution in [3.8, 4) is 0 Å². The van der Waals surface area contributed by atoms with E-state index in [1.165, 1.54) is 12.8 Å². The van der Waals surface area contributed by atoms with Gasteiger partial charge in [0.05, 0.1) is 6.54 Å².